The predicted molar refractivity (Wildman–Crippen MR) is 91.3 cm³/mol. The summed E-state index contributed by atoms with van der Waals surface area (Å²) in [6.07, 6.45) is 3.13. The van der Waals surface area contributed by atoms with E-state index in [2.05, 4.69) is 5.32 Å². The van der Waals surface area contributed by atoms with Gasteiger partial charge in [-0.15, -0.1) is 0 Å². The monoisotopic (exact) mass is 350 g/mol. The van der Waals surface area contributed by atoms with Crippen LogP contribution in [-0.2, 0) is 16.4 Å². The second-order valence-corrected chi connectivity index (χ2v) is 7.96. The summed E-state index contributed by atoms with van der Waals surface area (Å²) in [5.41, 5.74) is 0.428. The highest BCUT2D eigenvalue weighted by molar-refractivity contribution is 7.89. The highest BCUT2D eigenvalue weighted by Gasteiger charge is 2.18. The summed E-state index contributed by atoms with van der Waals surface area (Å²) in [7, 11) is -0.547. The number of carbonyl (C=O) groups excluding carboxylic acids is 1. The number of amides is 1. The first-order valence-corrected chi connectivity index (χ1v) is 9.10. The zero-order chi connectivity index (χ0) is 17.7. The minimum Gasteiger partial charge on any atom is -0.469 e. The maximum atomic E-state index is 12.2. The van der Waals surface area contributed by atoms with E-state index < -0.39 is 10.0 Å². The molecule has 6 nitrogen and oxygen atoms in total. The van der Waals surface area contributed by atoms with Gasteiger partial charge >= 0.3 is 0 Å². The normalized spacial score (nSPS) is 13.0. The Labute approximate surface area is 142 Å². The summed E-state index contributed by atoms with van der Waals surface area (Å²) in [4.78, 5) is 12.4. The van der Waals surface area contributed by atoms with Crippen LogP contribution in [-0.4, -0.2) is 38.8 Å². The smallest absolute Gasteiger partial charge is 0.251 e. The first-order valence-electron chi connectivity index (χ1n) is 7.66. The third-order valence-electron chi connectivity index (χ3n) is 3.68. The summed E-state index contributed by atoms with van der Waals surface area (Å²) in [6.45, 7) is 1.92. The van der Waals surface area contributed by atoms with Crippen molar-refractivity contribution in [1.29, 1.82) is 0 Å². The van der Waals surface area contributed by atoms with Gasteiger partial charge in [-0.25, -0.2) is 12.7 Å². The third-order valence-corrected chi connectivity index (χ3v) is 5.51. The SMILES string of the molecule is C[C@H](CCc1ccco1)NC(=O)c1ccc(S(=O)(=O)N(C)C)cc1. The Bertz CT molecular complexity index is 765. The third kappa shape index (κ3) is 4.46. The molecule has 0 aliphatic carbocycles. The largest absolute Gasteiger partial charge is 0.469 e. The van der Waals surface area contributed by atoms with Crippen molar-refractivity contribution in [2.75, 3.05) is 14.1 Å². The fraction of sp³-hybridized carbons (Fsp3) is 0.353. The van der Waals surface area contributed by atoms with Crippen molar-refractivity contribution < 1.29 is 17.6 Å². The summed E-state index contributed by atoms with van der Waals surface area (Å²) < 4.78 is 30.4. The number of carbonyl (C=O) groups is 1. The second kappa shape index (κ2) is 7.63. The molecule has 0 bridgehead atoms. The topological polar surface area (TPSA) is 79.6 Å². The molecule has 7 heteroatoms. The van der Waals surface area contributed by atoms with Crippen molar-refractivity contribution in [3.05, 3.63) is 54.0 Å². The average Bonchev–Trinajstić information content (AvgIpc) is 3.06. The molecule has 1 aromatic heterocycles. The van der Waals surface area contributed by atoms with Crippen molar-refractivity contribution in [3.8, 4) is 0 Å². The van der Waals surface area contributed by atoms with Crippen molar-refractivity contribution in [3.63, 3.8) is 0 Å². The Morgan fingerprint density at radius 3 is 2.42 bits per heavy atom. The summed E-state index contributed by atoms with van der Waals surface area (Å²) in [5, 5.41) is 2.90. The number of nitrogens with one attached hydrogen (secondary N) is 1. The van der Waals surface area contributed by atoms with Crippen LogP contribution >= 0.6 is 0 Å². The molecule has 1 N–H and O–H groups in total. The van der Waals surface area contributed by atoms with Crippen LogP contribution < -0.4 is 5.32 Å². The van der Waals surface area contributed by atoms with E-state index in [1.54, 1.807) is 6.26 Å². The maximum Gasteiger partial charge on any atom is 0.251 e. The summed E-state index contributed by atoms with van der Waals surface area (Å²) in [6, 6.07) is 9.64. The number of sulfonamides is 1. The van der Waals surface area contributed by atoms with Gasteiger partial charge in [0.05, 0.1) is 11.2 Å². The Morgan fingerprint density at radius 1 is 1.21 bits per heavy atom. The molecule has 0 radical (unpaired) electrons. The highest BCUT2D eigenvalue weighted by atomic mass is 32.2. The van der Waals surface area contributed by atoms with Crippen LogP contribution in [0, 0.1) is 0 Å². The van der Waals surface area contributed by atoms with E-state index in [1.165, 1.54) is 38.4 Å². The van der Waals surface area contributed by atoms with E-state index in [0.717, 1.165) is 22.9 Å². The molecule has 1 amide bonds. The number of hydrogen-bond donors (Lipinski definition) is 1. The molecule has 24 heavy (non-hydrogen) atoms. The molecule has 1 aromatic carbocycles. The van der Waals surface area contributed by atoms with E-state index in [9.17, 15) is 13.2 Å². The number of furan rings is 1. The lowest BCUT2D eigenvalue weighted by Crippen LogP contribution is -2.32. The van der Waals surface area contributed by atoms with Gasteiger partial charge < -0.3 is 9.73 Å². The Balaban J connectivity index is 1.95. The molecular weight excluding hydrogens is 328 g/mol. The number of nitrogens with zero attached hydrogens (tertiary/aromatic N) is 1. The minimum absolute atomic E-state index is 0.0206. The van der Waals surface area contributed by atoms with E-state index >= 15 is 0 Å². The van der Waals surface area contributed by atoms with E-state index in [-0.39, 0.29) is 16.8 Å². The Morgan fingerprint density at radius 2 is 1.88 bits per heavy atom. The van der Waals surface area contributed by atoms with E-state index in [0.29, 0.717) is 5.56 Å². The molecule has 2 rings (SSSR count). The Hall–Kier alpha value is -2.12. The van der Waals surface area contributed by atoms with E-state index in [4.69, 9.17) is 4.42 Å². The molecule has 1 heterocycles. The molecule has 0 saturated heterocycles. The lowest BCUT2D eigenvalue weighted by molar-refractivity contribution is 0.0938. The maximum absolute atomic E-state index is 12.2. The molecule has 0 aliphatic rings. The lowest BCUT2D eigenvalue weighted by atomic mass is 10.1. The molecule has 0 fully saturated rings. The van der Waals surface area contributed by atoms with Crippen LogP contribution in [0.25, 0.3) is 0 Å². The number of aryl methyl sites for hydroxylation is 1. The van der Waals surface area contributed by atoms with E-state index in [1.807, 2.05) is 19.1 Å². The van der Waals surface area contributed by atoms with Gasteiger partial charge in [0.15, 0.2) is 0 Å². The minimum atomic E-state index is -3.48. The molecule has 0 unspecified atom stereocenters. The van der Waals surface area contributed by atoms with Gasteiger partial charge in [-0.2, -0.15) is 0 Å². The van der Waals surface area contributed by atoms with Gasteiger partial charge in [-0.05, 0) is 49.7 Å². The molecule has 0 aliphatic heterocycles. The van der Waals surface area contributed by atoms with Crippen molar-refractivity contribution >= 4 is 15.9 Å². The quantitative estimate of drug-likeness (QED) is 0.831. The van der Waals surface area contributed by atoms with Crippen LogP contribution in [0.4, 0.5) is 0 Å². The first-order chi connectivity index (χ1) is 11.3. The Kier molecular flexibility index (Phi) is 5.80. The highest BCUT2D eigenvalue weighted by Crippen LogP contribution is 2.14. The first kappa shape index (κ1) is 18.2. The molecule has 0 saturated carbocycles. The second-order valence-electron chi connectivity index (χ2n) is 5.80. The van der Waals surface area contributed by atoms with Crippen LogP contribution in [0.1, 0.15) is 29.5 Å². The van der Waals surface area contributed by atoms with Crippen LogP contribution in [0.15, 0.2) is 52.0 Å². The van der Waals surface area contributed by atoms with Gasteiger partial charge in [0, 0.05) is 32.1 Å². The van der Waals surface area contributed by atoms with Crippen LogP contribution in [0.5, 0.6) is 0 Å². The zero-order valence-electron chi connectivity index (χ0n) is 14.0. The van der Waals surface area contributed by atoms with Gasteiger partial charge in [0.1, 0.15) is 5.76 Å². The molecule has 0 spiro atoms. The number of benzene rings is 1. The van der Waals surface area contributed by atoms with Crippen LogP contribution in [0.3, 0.4) is 0 Å². The number of rotatable bonds is 7. The van der Waals surface area contributed by atoms with Crippen molar-refractivity contribution in [2.24, 2.45) is 0 Å². The summed E-state index contributed by atoms with van der Waals surface area (Å²) >= 11 is 0. The fourth-order valence-electron chi connectivity index (χ4n) is 2.18. The average molecular weight is 350 g/mol. The fourth-order valence-corrected chi connectivity index (χ4v) is 3.08. The standard InChI is InChI=1S/C17H22N2O4S/c1-13(6-9-15-5-4-12-23-15)18-17(20)14-7-10-16(11-8-14)24(21,22)19(2)3/h4-5,7-8,10-13H,6,9H2,1-3H3,(H,18,20)/t13-/m1/s1. The summed E-state index contributed by atoms with van der Waals surface area (Å²) in [5.74, 6) is 0.657. The molecule has 130 valence electrons. The van der Waals surface area contributed by atoms with Crippen molar-refractivity contribution in [1.82, 2.24) is 9.62 Å². The molecule has 2 aromatic rings. The number of hydrogen-bond acceptors (Lipinski definition) is 4. The van der Waals surface area contributed by atoms with Gasteiger partial charge in [-0.1, -0.05) is 0 Å². The van der Waals surface area contributed by atoms with Gasteiger partial charge in [0.25, 0.3) is 5.91 Å². The van der Waals surface area contributed by atoms with Gasteiger partial charge in [0.2, 0.25) is 10.0 Å². The van der Waals surface area contributed by atoms with Gasteiger partial charge in [-0.3, -0.25) is 4.79 Å². The predicted octanol–water partition coefficient (Wildman–Crippen LogP) is 2.28. The molecule has 1 atom stereocenters. The molecular formula is C17H22N2O4S. The zero-order valence-corrected chi connectivity index (χ0v) is 14.8. The van der Waals surface area contributed by atoms with Crippen LogP contribution in [0.2, 0.25) is 0 Å². The lowest BCUT2D eigenvalue weighted by Gasteiger charge is -2.14. The van der Waals surface area contributed by atoms with Crippen molar-refractivity contribution in [2.45, 2.75) is 30.7 Å².